The Hall–Kier alpha value is 0.650. The van der Waals surface area contributed by atoms with Crippen LogP contribution in [0.3, 0.4) is 0 Å². The van der Waals surface area contributed by atoms with Gasteiger partial charge in [0.2, 0.25) is 0 Å². The molecular formula is C7H4BrClFI. The van der Waals surface area contributed by atoms with Crippen LogP contribution in [-0.2, 0) is 5.88 Å². The van der Waals surface area contributed by atoms with Crippen molar-refractivity contribution in [2.24, 2.45) is 0 Å². The van der Waals surface area contributed by atoms with Gasteiger partial charge in [-0.3, -0.25) is 0 Å². The molecule has 0 fully saturated rings. The third-order valence-corrected chi connectivity index (χ3v) is 3.33. The summed E-state index contributed by atoms with van der Waals surface area (Å²) in [5, 5.41) is 0. The van der Waals surface area contributed by atoms with E-state index in [1.807, 2.05) is 28.7 Å². The van der Waals surface area contributed by atoms with E-state index in [9.17, 15) is 4.39 Å². The number of rotatable bonds is 1. The minimum absolute atomic E-state index is 0.233. The Bertz CT molecular complexity index is 277. The molecule has 0 saturated heterocycles. The summed E-state index contributed by atoms with van der Waals surface area (Å²) >= 11 is 10.6. The summed E-state index contributed by atoms with van der Waals surface area (Å²) in [5.41, 5.74) is 0.827. The molecule has 0 atom stereocenters. The summed E-state index contributed by atoms with van der Waals surface area (Å²) in [6.45, 7) is 0. The molecule has 0 saturated carbocycles. The van der Waals surface area contributed by atoms with Crippen LogP contribution < -0.4 is 0 Å². The topological polar surface area (TPSA) is 0 Å². The van der Waals surface area contributed by atoms with Crippen LogP contribution in [0, 0.1) is 9.39 Å². The van der Waals surface area contributed by atoms with Crippen LogP contribution in [0.5, 0.6) is 0 Å². The van der Waals surface area contributed by atoms with Crippen molar-refractivity contribution in [2.45, 2.75) is 5.88 Å². The van der Waals surface area contributed by atoms with E-state index in [0.29, 0.717) is 13.9 Å². The maximum atomic E-state index is 13.1. The highest BCUT2D eigenvalue weighted by Gasteiger charge is 2.07. The predicted octanol–water partition coefficient (Wildman–Crippen LogP) is 3.93. The molecule has 0 N–H and O–H groups in total. The molecule has 0 radical (unpaired) electrons. The second-order valence-electron chi connectivity index (χ2n) is 1.97. The second-order valence-corrected chi connectivity index (χ2v) is 4.17. The zero-order valence-electron chi connectivity index (χ0n) is 5.37. The fraction of sp³-hybridized carbons (Fsp3) is 0.143. The third-order valence-electron chi connectivity index (χ3n) is 1.26. The molecule has 0 aliphatic rings. The van der Waals surface area contributed by atoms with Crippen LogP contribution in [0.4, 0.5) is 4.39 Å². The second kappa shape index (κ2) is 4.05. The molecule has 0 nitrogen and oxygen atoms in total. The van der Waals surface area contributed by atoms with Gasteiger partial charge in [0.15, 0.2) is 5.82 Å². The fourth-order valence-corrected chi connectivity index (χ4v) is 2.48. The Morgan fingerprint density at radius 1 is 1.55 bits per heavy atom. The van der Waals surface area contributed by atoms with E-state index in [4.69, 9.17) is 11.6 Å². The lowest BCUT2D eigenvalue weighted by atomic mass is 10.2. The molecule has 1 aromatic rings. The molecule has 60 valence electrons. The normalized spacial score (nSPS) is 10.2. The lowest BCUT2D eigenvalue weighted by Gasteiger charge is -2.02. The number of halogens is 4. The smallest absolute Gasteiger partial charge is 0.150 e. The first-order valence-electron chi connectivity index (χ1n) is 2.85. The summed E-state index contributed by atoms with van der Waals surface area (Å²) in [6.07, 6.45) is 0. The number of hydrogen-bond acceptors (Lipinski definition) is 0. The summed E-state index contributed by atoms with van der Waals surface area (Å²) in [5.74, 6) is 0.117. The maximum Gasteiger partial charge on any atom is 0.150 e. The Morgan fingerprint density at radius 3 is 2.73 bits per heavy atom. The highest BCUT2D eigenvalue weighted by Crippen LogP contribution is 2.24. The van der Waals surface area contributed by atoms with Crippen molar-refractivity contribution in [2.75, 3.05) is 0 Å². The van der Waals surface area contributed by atoms with Crippen LogP contribution >= 0.6 is 50.1 Å². The molecule has 0 spiro atoms. The van der Waals surface area contributed by atoms with E-state index < -0.39 is 0 Å². The molecule has 0 amide bonds. The van der Waals surface area contributed by atoms with Gasteiger partial charge < -0.3 is 0 Å². The minimum Gasteiger partial charge on any atom is -0.205 e. The first-order valence-corrected chi connectivity index (χ1v) is 5.25. The van der Waals surface area contributed by atoms with Crippen molar-refractivity contribution in [1.29, 1.82) is 0 Å². The number of alkyl halides is 1. The van der Waals surface area contributed by atoms with Crippen molar-refractivity contribution >= 4 is 50.1 Å². The Balaban J connectivity index is 3.25. The van der Waals surface area contributed by atoms with Gasteiger partial charge in [-0.05, 0) is 50.2 Å². The van der Waals surface area contributed by atoms with E-state index in [1.54, 1.807) is 6.07 Å². The average molecular weight is 349 g/mol. The van der Waals surface area contributed by atoms with Crippen LogP contribution in [0.25, 0.3) is 0 Å². The van der Waals surface area contributed by atoms with Crippen molar-refractivity contribution < 1.29 is 4.39 Å². The molecule has 0 aliphatic heterocycles. The van der Waals surface area contributed by atoms with Crippen LogP contribution in [0.1, 0.15) is 5.56 Å². The van der Waals surface area contributed by atoms with E-state index in [2.05, 4.69) is 15.9 Å². The van der Waals surface area contributed by atoms with Crippen molar-refractivity contribution in [1.82, 2.24) is 0 Å². The SMILES string of the molecule is Fc1c(Br)ccc(CCl)c1I. The molecule has 1 aromatic carbocycles. The Labute approximate surface area is 91.4 Å². The quantitative estimate of drug-likeness (QED) is 0.409. The summed E-state index contributed by atoms with van der Waals surface area (Å²) in [6, 6.07) is 3.47. The molecule has 0 aliphatic carbocycles. The van der Waals surface area contributed by atoms with Crippen molar-refractivity contribution in [3.8, 4) is 0 Å². The molecule has 4 heteroatoms. The van der Waals surface area contributed by atoms with Crippen molar-refractivity contribution in [3.63, 3.8) is 0 Å². The zero-order chi connectivity index (χ0) is 8.43. The first-order chi connectivity index (χ1) is 5.16. The molecule has 0 heterocycles. The zero-order valence-corrected chi connectivity index (χ0v) is 9.87. The highest BCUT2D eigenvalue weighted by atomic mass is 127. The maximum absolute atomic E-state index is 13.1. The molecule has 0 unspecified atom stereocenters. The number of hydrogen-bond donors (Lipinski definition) is 0. The van der Waals surface area contributed by atoms with Gasteiger partial charge in [0.05, 0.1) is 8.04 Å². The number of benzene rings is 1. The van der Waals surface area contributed by atoms with Gasteiger partial charge in [-0.25, -0.2) is 4.39 Å². The minimum atomic E-state index is -0.233. The largest absolute Gasteiger partial charge is 0.205 e. The van der Waals surface area contributed by atoms with Gasteiger partial charge in [0.1, 0.15) is 0 Å². The van der Waals surface area contributed by atoms with E-state index >= 15 is 0 Å². The van der Waals surface area contributed by atoms with Gasteiger partial charge in [-0.1, -0.05) is 6.07 Å². The molecular weight excluding hydrogens is 345 g/mol. The van der Waals surface area contributed by atoms with Crippen LogP contribution in [-0.4, -0.2) is 0 Å². The van der Waals surface area contributed by atoms with E-state index in [-0.39, 0.29) is 5.82 Å². The summed E-state index contributed by atoms with van der Waals surface area (Å²) < 4.78 is 14.1. The Kier molecular flexibility index (Phi) is 3.58. The van der Waals surface area contributed by atoms with Crippen molar-refractivity contribution in [3.05, 3.63) is 31.6 Å². The summed E-state index contributed by atoms with van der Waals surface area (Å²) in [4.78, 5) is 0. The Morgan fingerprint density at radius 2 is 2.18 bits per heavy atom. The van der Waals surface area contributed by atoms with E-state index in [1.165, 1.54) is 0 Å². The lowest BCUT2D eigenvalue weighted by Crippen LogP contribution is -1.90. The average Bonchev–Trinajstić information content (AvgIpc) is 2.01. The van der Waals surface area contributed by atoms with E-state index in [0.717, 1.165) is 5.56 Å². The fourth-order valence-electron chi connectivity index (χ4n) is 0.669. The van der Waals surface area contributed by atoms with Gasteiger partial charge in [0, 0.05) is 5.88 Å². The van der Waals surface area contributed by atoms with Crippen LogP contribution in [0.15, 0.2) is 16.6 Å². The van der Waals surface area contributed by atoms with Gasteiger partial charge in [-0.2, -0.15) is 0 Å². The van der Waals surface area contributed by atoms with Gasteiger partial charge in [0.25, 0.3) is 0 Å². The lowest BCUT2D eigenvalue weighted by molar-refractivity contribution is 0.611. The standard InChI is InChI=1S/C7H4BrClFI/c8-5-2-1-4(3-9)7(11)6(5)10/h1-2H,3H2. The van der Waals surface area contributed by atoms with Gasteiger partial charge in [-0.15, -0.1) is 11.6 Å². The molecule has 0 bridgehead atoms. The highest BCUT2D eigenvalue weighted by molar-refractivity contribution is 14.1. The monoisotopic (exact) mass is 348 g/mol. The first kappa shape index (κ1) is 9.74. The predicted molar refractivity (Wildman–Crippen MR) is 56.4 cm³/mol. The molecule has 11 heavy (non-hydrogen) atoms. The third kappa shape index (κ3) is 2.06. The van der Waals surface area contributed by atoms with Crippen LogP contribution in [0.2, 0.25) is 0 Å². The van der Waals surface area contributed by atoms with Gasteiger partial charge >= 0.3 is 0 Å². The summed E-state index contributed by atoms with van der Waals surface area (Å²) in [7, 11) is 0. The molecule has 0 aromatic heterocycles. The molecule has 1 rings (SSSR count).